The molecule has 0 fully saturated rings. The molecule has 0 saturated heterocycles. The zero-order chi connectivity index (χ0) is 17.6. The molecule has 0 aliphatic carbocycles. The third-order valence-electron chi connectivity index (χ3n) is 3.94. The Labute approximate surface area is 148 Å². The van der Waals surface area contributed by atoms with Crippen molar-refractivity contribution in [1.82, 2.24) is 10.3 Å². The highest BCUT2D eigenvalue weighted by atomic mass is 16.5. The molecule has 2 N–H and O–H groups in total. The van der Waals surface area contributed by atoms with E-state index >= 15 is 0 Å². The third-order valence-corrected chi connectivity index (χ3v) is 3.94. The third kappa shape index (κ3) is 4.56. The normalized spacial score (nSPS) is 12.5. The van der Waals surface area contributed by atoms with Crippen molar-refractivity contribution in [3.05, 3.63) is 60.7 Å². The van der Waals surface area contributed by atoms with Gasteiger partial charge in [-0.1, -0.05) is 56.3 Å². The maximum atomic E-state index is 10.1. The van der Waals surface area contributed by atoms with Crippen molar-refractivity contribution in [2.24, 2.45) is 0 Å². The molecule has 0 aliphatic rings. The van der Waals surface area contributed by atoms with Crippen LogP contribution in [0.3, 0.4) is 0 Å². The number of aliphatic hydroxyl groups excluding tert-OH is 1. The van der Waals surface area contributed by atoms with Gasteiger partial charge in [0.2, 0.25) is 0 Å². The van der Waals surface area contributed by atoms with Crippen LogP contribution in [0.5, 0.6) is 5.75 Å². The smallest absolute Gasteiger partial charge is 0.131 e. The number of ether oxygens (including phenoxy) is 1. The van der Waals surface area contributed by atoms with Crippen molar-refractivity contribution in [3.8, 4) is 17.0 Å². The van der Waals surface area contributed by atoms with Crippen LogP contribution in [-0.4, -0.2) is 35.4 Å². The van der Waals surface area contributed by atoms with Gasteiger partial charge in [-0.2, -0.15) is 0 Å². The van der Waals surface area contributed by atoms with Crippen molar-refractivity contribution in [2.45, 2.75) is 26.0 Å². The Morgan fingerprint density at radius 2 is 1.76 bits per heavy atom. The molecule has 0 bridgehead atoms. The van der Waals surface area contributed by atoms with Crippen LogP contribution in [0, 0.1) is 0 Å². The molecule has 25 heavy (non-hydrogen) atoms. The molecule has 0 spiro atoms. The van der Waals surface area contributed by atoms with Gasteiger partial charge in [-0.15, -0.1) is 0 Å². The van der Waals surface area contributed by atoms with Crippen LogP contribution < -0.4 is 10.1 Å². The number of hydrogen-bond acceptors (Lipinski definition) is 4. The number of benzene rings is 2. The summed E-state index contributed by atoms with van der Waals surface area (Å²) in [5, 5.41) is 14.3. The fourth-order valence-corrected chi connectivity index (χ4v) is 2.64. The zero-order valence-electron chi connectivity index (χ0n) is 14.6. The summed E-state index contributed by atoms with van der Waals surface area (Å²) < 4.78 is 5.95. The van der Waals surface area contributed by atoms with E-state index < -0.39 is 6.10 Å². The van der Waals surface area contributed by atoms with Gasteiger partial charge in [0.25, 0.3) is 0 Å². The Morgan fingerprint density at radius 3 is 2.52 bits per heavy atom. The first-order valence-corrected chi connectivity index (χ1v) is 8.63. The van der Waals surface area contributed by atoms with Gasteiger partial charge in [-0.25, -0.2) is 4.98 Å². The molecule has 1 aromatic heterocycles. The van der Waals surface area contributed by atoms with Gasteiger partial charge < -0.3 is 15.2 Å². The molecule has 0 unspecified atom stereocenters. The number of hydrogen-bond donors (Lipinski definition) is 2. The lowest BCUT2D eigenvalue weighted by molar-refractivity contribution is 0.105. The van der Waals surface area contributed by atoms with E-state index in [1.807, 2.05) is 60.7 Å². The molecular weight excluding hydrogens is 312 g/mol. The number of fused-ring (bicyclic) bond motifs is 1. The monoisotopic (exact) mass is 336 g/mol. The minimum atomic E-state index is -0.561. The Hall–Kier alpha value is -2.43. The molecule has 130 valence electrons. The van der Waals surface area contributed by atoms with Gasteiger partial charge in [-0.3, -0.25) is 0 Å². The number of para-hydroxylation sites is 1. The lowest BCUT2D eigenvalue weighted by Crippen LogP contribution is -2.35. The predicted molar refractivity (Wildman–Crippen MR) is 102 cm³/mol. The summed E-state index contributed by atoms with van der Waals surface area (Å²) in [4.78, 5) is 4.74. The molecule has 4 heteroatoms. The second-order valence-electron chi connectivity index (χ2n) is 6.42. The molecule has 0 saturated carbocycles. The van der Waals surface area contributed by atoms with Crippen LogP contribution in [0.15, 0.2) is 60.7 Å². The first kappa shape index (κ1) is 17.4. The Bertz CT molecular complexity index is 818. The predicted octanol–water partition coefficient (Wildman–Crippen LogP) is 3.64. The Kier molecular flexibility index (Phi) is 5.64. The molecule has 0 aliphatic heterocycles. The second-order valence-corrected chi connectivity index (χ2v) is 6.42. The number of rotatable bonds is 7. The summed E-state index contributed by atoms with van der Waals surface area (Å²) in [5.41, 5.74) is 2.79. The summed E-state index contributed by atoms with van der Waals surface area (Å²) in [6.45, 7) is 4.85. The van der Waals surface area contributed by atoms with E-state index in [1.54, 1.807) is 0 Å². The highest BCUT2D eigenvalue weighted by Crippen LogP contribution is 2.30. The number of nitrogens with one attached hydrogen (secondary N) is 1. The topological polar surface area (TPSA) is 54.4 Å². The summed E-state index contributed by atoms with van der Waals surface area (Å²) in [7, 11) is 0. The molecule has 1 atom stereocenters. The summed E-state index contributed by atoms with van der Waals surface area (Å²) in [5.74, 6) is 0.744. The summed E-state index contributed by atoms with van der Waals surface area (Å²) in [6.07, 6.45) is -0.561. The zero-order valence-corrected chi connectivity index (χ0v) is 14.6. The molecule has 4 nitrogen and oxygen atoms in total. The first-order valence-electron chi connectivity index (χ1n) is 8.63. The van der Waals surface area contributed by atoms with E-state index in [1.165, 1.54) is 0 Å². The van der Waals surface area contributed by atoms with Gasteiger partial charge in [-0.05, 0) is 12.1 Å². The van der Waals surface area contributed by atoms with Crippen LogP contribution in [-0.2, 0) is 0 Å². The van der Waals surface area contributed by atoms with E-state index in [0.29, 0.717) is 12.6 Å². The highest BCUT2D eigenvalue weighted by molar-refractivity contribution is 5.87. The number of nitrogens with zero attached hydrogens (tertiary/aromatic N) is 1. The molecule has 1 heterocycles. The maximum Gasteiger partial charge on any atom is 0.131 e. The second kappa shape index (κ2) is 8.10. The molecule has 0 amide bonds. The van der Waals surface area contributed by atoms with Crippen molar-refractivity contribution < 1.29 is 9.84 Å². The minimum Gasteiger partial charge on any atom is -0.490 e. The Morgan fingerprint density at radius 1 is 1.04 bits per heavy atom. The van der Waals surface area contributed by atoms with E-state index in [9.17, 15) is 5.11 Å². The Balaban J connectivity index is 1.85. The molecule has 3 rings (SSSR count). The molecule has 3 aromatic rings. The largest absolute Gasteiger partial charge is 0.490 e. The van der Waals surface area contributed by atoms with E-state index in [4.69, 9.17) is 9.72 Å². The number of aliphatic hydroxyl groups is 1. The van der Waals surface area contributed by atoms with Crippen molar-refractivity contribution in [1.29, 1.82) is 0 Å². The molecular formula is C21H24N2O2. The van der Waals surface area contributed by atoms with Gasteiger partial charge in [0.15, 0.2) is 0 Å². The maximum absolute atomic E-state index is 10.1. The van der Waals surface area contributed by atoms with Crippen LogP contribution in [0.25, 0.3) is 22.2 Å². The number of pyridine rings is 1. The van der Waals surface area contributed by atoms with E-state index in [0.717, 1.165) is 27.9 Å². The van der Waals surface area contributed by atoms with Crippen molar-refractivity contribution in [3.63, 3.8) is 0 Å². The summed E-state index contributed by atoms with van der Waals surface area (Å²) in [6, 6.07) is 20.2. The van der Waals surface area contributed by atoms with Gasteiger partial charge in [0.1, 0.15) is 18.5 Å². The average Bonchev–Trinajstić information content (AvgIpc) is 2.65. The van der Waals surface area contributed by atoms with Crippen LogP contribution in [0.2, 0.25) is 0 Å². The van der Waals surface area contributed by atoms with Crippen molar-refractivity contribution in [2.75, 3.05) is 13.2 Å². The van der Waals surface area contributed by atoms with Crippen molar-refractivity contribution >= 4 is 10.9 Å². The number of aromatic nitrogens is 1. The molecule has 0 radical (unpaired) electrons. The van der Waals surface area contributed by atoms with E-state index in [-0.39, 0.29) is 6.61 Å². The van der Waals surface area contributed by atoms with Crippen LogP contribution in [0.4, 0.5) is 0 Å². The van der Waals surface area contributed by atoms with Gasteiger partial charge in [0.05, 0.1) is 11.2 Å². The van der Waals surface area contributed by atoms with Crippen LogP contribution >= 0.6 is 0 Å². The van der Waals surface area contributed by atoms with E-state index in [2.05, 4.69) is 19.2 Å². The van der Waals surface area contributed by atoms with Gasteiger partial charge in [0, 0.05) is 29.6 Å². The average molecular weight is 336 g/mol. The highest BCUT2D eigenvalue weighted by Gasteiger charge is 2.11. The fraction of sp³-hybridized carbons (Fsp3) is 0.286. The quantitative estimate of drug-likeness (QED) is 0.692. The standard InChI is InChI=1S/C21H24N2O2/c1-15(2)22-13-17(24)14-25-21-12-20(16-8-4-3-5-9-16)23-19-11-7-6-10-18(19)21/h3-12,15,17,22,24H,13-14H2,1-2H3/t17-/m0/s1. The van der Waals surface area contributed by atoms with Gasteiger partial charge >= 0.3 is 0 Å². The lowest BCUT2D eigenvalue weighted by Gasteiger charge is -2.16. The minimum absolute atomic E-state index is 0.238. The fourth-order valence-electron chi connectivity index (χ4n) is 2.64. The summed E-state index contributed by atoms with van der Waals surface area (Å²) >= 11 is 0. The van der Waals surface area contributed by atoms with Crippen LogP contribution in [0.1, 0.15) is 13.8 Å². The lowest BCUT2D eigenvalue weighted by atomic mass is 10.1. The first-order chi connectivity index (χ1) is 12.1. The molecule has 2 aromatic carbocycles. The SMILES string of the molecule is CC(C)NC[C@H](O)COc1cc(-c2ccccc2)nc2ccccc12.